The van der Waals surface area contributed by atoms with Gasteiger partial charge in [0, 0.05) is 13.1 Å². The highest BCUT2D eigenvalue weighted by atomic mass is 32.2. The van der Waals surface area contributed by atoms with E-state index < -0.39 is 27.9 Å². The van der Waals surface area contributed by atoms with Gasteiger partial charge in [-0.2, -0.15) is 4.31 Å². The van der Waals surface area contributed by atoms with Crippen molar-refractivity contribution in [2.24, 2.45) is 0 Å². The monoisotopic (exact) mass is 276 g/mol. The van der Waals surface area contributed by atoms with Crippen LogP contribution in [-0.4, -0.2) is 56.1 Å². The Kier molecular flexibility index (Phi) is 3.58. The smallest absolute Gasteiger partial charge is 0.307 e. The van der Waals surface area contributed by atoms with Crippen LogP contribution in [0.2, 0.25) is 0 Å². The molecular formula is C10H16N2O5S. The minimum atomic E-state index is -3.46. The molecule has 1 aliphatic heterocycles. The van der Waals surface area contributed by atoms with Crippen LogP contribution < -0.4 is 5.32 Å². The highest BCUT2D eigenvalue weighted by Gasteiger charge is 2.46. The van der Waals surface area contributed by atoms with E-state index in [2.05, 4.69) is 10.1 Å². The van der Waals surface area contributed by atoms with Crippen LogP contribution in [0.5, 0.6) is 0 Å². The molecule has 1 heterocycles. The van der Waals surface area contributed by atoms with E-state index >= 15 is 0 Å². The highest BCUT2D eigenvalue weighted by molar-refractivity contribution is 7.90. The van der Waals surface area contributed by atoms with Crippen molar-refractivity contribution in [3.05, 3.63) is 0 Å². The lowest BCUT2D eigenvalue weighted by Crippen LogP contribution is -2.58. The minimum Gasteiger partial charge on any atom is -0.469 e. The molecule has 2 fully saturated rings. The molecule has 1 aliphatic carbocycles. The molecule has 2 rings (SSSR count). The first-order valence-electron chi connectivity index (χ1n) is 5.82. The van der Waals surface area contributed by atoms with E-state index in [9.17, 15) is 18.0 Å². The Hall–Kier alpha value is -1.15. The molecule has 0 radical (unpaired) electrons. The standard InChI is InChI=1S/C10H16N2O5S/c1-17-9(13)6-8-10(14)11-4-5-12(8)18(15,16)7-2-3-7/h7-8H,2-6H2,1H3,(H,11,14). The molecule has 102 valence electrons. The molecule has 1 saturated carbocycles. The van der Waals surface area contributed by atoms with Crippen molar-refractivity contribution in [1.29, 1.82) is 0 Å². The summed E-state index contributed by atoms with van der Waals surface area (Å²) in [6.07, 6.45) is 1.02. The lowest BCUT2D eigenvalue weighted by atomic mass is 10.1. The summed E-state index contributed by atoms with van der Waals surface area (Å²) in [5.74, 6) is -1.02. The van der Waals surface area contributed by atoms with Crippen LogP contribution in [0.3, 0.4) is 0 Å². The molecule has 0 aromatic rings. The Morgan fingerprint density at radius 2 is 2.17 bits per heavy atom. The van der Waals surface area contributed by atoms with Gasteiger partial charge in [-0.25, -0.2) is 8.42 Å². The van der Waals surface area contributed by atoms with Crippen LogP contribution in [0.1, 0.15) is 19.3 Å². The topological polar surface area (TPSA) is 92.8 Å². The second-order valence-corrected chi connectivity index (χ2v) is 6.61. The Balaban J connectivity index is 2.19. The van der Waals surface area contributed by atoms with Crippen molar-refractivity contribution in [2.45, 2.75) is 30.6 Å². The number of esters is 1. The Morgan fingerprint density at radius 3 is 2.72 bits per heavy atom. The lowest BCUT2D eigenvalue weighted by Gasteiger charge is -2.33. The van der Waals surface area contributed by atoms with Crippen molar-refractivity contribution in [1.82, 2.24) is 9.62 Å². The predicted molar refractivity (Wildman–Crippen MR) is 62.1 cm³/mol. The molecule has 7 nitrogen and oxygen atoms in total. The Labute approximate surface area is 106 Å². The van der Waals surface area contributed by atoms with Gasteiger partial charge < -0.3 is 10.1 Å². The second kappa shape index (κ2) is 4.85. The van der Waals surface area contributed by atoms with Gasteiger partial charge in [0.05, 0.1) is 18.8 Å². The number of nitrogens with one attached hydrogen (secondary N) is 1. The molecule has 1 N–H and O–H groups in total. The molecule has 0 aromatic carbocycles. The van der Waals surface area contributed by atoms with Gasteiger partial charge in [0.1, 0.15) is 6.04 Å². The fourth-order valence-corrected chi connectivity index (χ4v) is 3.98. The molecule has 1 atom stereocenters. The van der Waals surface area contributed by atoms with Crippen LogP contribution >= 0.6 is 0 Å². The first-order chi connectivity index (χ1) is 8.46. The third-order valence-electron chi connectivity index (χ3n) is 3.14. The number of methoxy groups -OCH3 is 1. The molecule has 0 spiro atoms. The summed E-state index contributed by atoms with van der Waals surface area (Å²) in [4.78, 5) is 23.0. The highest BCUT2D eigenvalue weighted by Crippen LogP contribution is 2.32. The third kappa shape index (κ3) is 2.49. The number of carbonyl (C=O) groups is 2. The average Bonchev–Trinajstić information content (AvgIpc) is 3.15. The third-order valence-corrected chi connectivity index (χ3v) is 5.55. The average molecular weight is 276 g/mol. The van der Waals surface area contributed by atoms with E-state index in [4.69, 9.17) is 0 Å². The summed E-state index contributed by atoms with van der Waals surface area (Å²) in [6, 6.07) is -0.975. The zero-order valence-corrected chi connectivity index (χ0v) is 10.9. The fourth-order valence-electron chi connectivity index (χ4n) is 1.99. The molecule has 1 unspecified atom stereocenters. The second-order valence-electron chi connectivity index (χ2n) is 4.44. The van der Waals surface area contributed by atoms with Crippen molar-refractivity contribution < 1.29 is 22.7 Å². The van der Waals surface area contributed by atoms with E-state index in [0.717, 1.165) is 4.31 Å². The van der Waals surface area contributed by atoms with E-state index in [-0.39, 0.29) is 24.8 Å². The lowest BCUT2D eigenvalue weighted by molar-refractivity contribution is -0.144. The number of amides is 1. The normalized spacial score (nSPS) is 25.6. The number of rotatable bonds is 4. The maximum Gasteiger partial charge on any atom is 0.307 e. The van der Waals surface area contributed by atoms with Crippen LogP contribution in [0.25, 0.3) is 0 Å². The van der Waals surface area contributed by atoms with Gasteiger partial charge in [-0.15, -0.1) is 0 Å². The molecule has 0 aromatic heterocycles. The first-order valence-corrected chi connectivity index (χ1v) is 7.32. The molecule has 18 heavy (non-hydrogen) atoms. The van der Waals surface area contributed by atoms with Gasteiger partial charge in [-0.05, 0) is 12.8 Å². The van der Waals surface area contributed by atoms with Crippen LogP contribution in [-0.2, 0) is 24.3 Å². The van der Waals surface area contributed by atoms with Gasteiger partial charge in [-0.3, -0.25) is 9.59 Å². The largest absolute Gasteiger partial charge is 0.469 e. The molecule has 8 heteroatoms. The first kappa shape index (κ1) is 13.3. The van der Waals surface area contributed by atoms with Crippen molar-refractivity contribution >= 4 is 21.9 Å². The van der Waals surface area contributed by atoms with E-state index in [1.54, 1.807) is 0 Å². The quantitative estimate of drug-likeness (QED) is 0.654. The van der Waals surface area contributed by atoms with E-state index in [1.165, 1.54) is 7.11 Å². The Morgan fingerprint density at radius 1 is 1.50 bits per heavy atom. The van der Waals surface area contributed by atoms with Crippen molar-refractivity contribution in [2.75, 3.05) is 20.2 Å². The summed E-state index contributed by atoms with van der Waals surface area (Å²) in [5, 5.41) is 2.18. The van der Waals surface area contributed by atoms with Gasteiger partial charge >= 0.3 is 5.97 Å². The van der Waals surface area contributed by atoms with Crippen LogP contribution in [0.15, 0.2) is 0 Å². The molecule has 1 amide bonds. The number of hydrogen-bond donors (Lipinski definition) is 1. The number of piperazine rings is 1. The van der Waals surface area contributed by atoms with Crippen LogP contribution in [0.4, 0.5) is 0 Å². The molecular weight excluding hydrogens is 260 g/mol. The number of sulfonamides is 1. The zero-order chi connectivity index (χ0) is 13.3. The van der Waals surface area contributed by atoms with Gasteiger partial charge in [0.25, 0.3) is 0 Å². The van der Waals surface area contributed by atoms with Gasteiger partial charge in [0.15, 0.2) is 0 Å². The fraction of sp³-hybridized carbons (Fsp3) is 0.800. The number of ether oxygens (including phenoxy) is 1. The molecule has 0 bridgehead atoms. The van der Waals surface area contributed by atoms with Gasteiger partial charge in [0.2, 0.25) is 15.9 Å². The summed E-state index contributed by atoms with van der Waals surface area (Å²) >= 11 is 0. The maximum absolute atomic E-state index is 12.2. The number of hydrogen-bond acceptors (Lipinski definition) is 5. The minimum absolute atomic E-state index is 0.215. The summed E-state index contributed by atoms with van der Waals surface area (Å²) in [6.45, 7) is 0.495. The summed E-state index contributed by atoms with van der Waals surface area (Å²) in [7, 11) is -2.25. The maximum atomic E-state index is 12.2. The van der Waals surface area contributed by atoms with E-state index in [0.29, 0.717) is 12.8 Å². The van der Waals surface area contributed by atoms with Crippen molar-refractivity contribution in [3.63, 3.8) is 0 Å². The summed E-state index contributed by atoms with van der Waals surface area (Å²) < 4.78 is 30.0. The van der Waals surface area contributed by atoms with E-state index in [1.807, 2.05) is 0 Å². The zero-order valence-electron chi connectivity index (χ0n) is 10.1. The number of nitrogens with zero attached hydrogens (tertiary/aromatic N) is 1. The molecule has 1 saturated heterocycles. The predicted octanol–water partition coefficient (Wildman–Crippen LogP) is -1.16. The summed E-state index contributed by atoms with van der Waals surface area (Å²) in [5.41, 5.74) is 0. The Bertz CT molecular complexity index is 457. The van der Waals surface area contributed by atoms with Gasteiger partial charge in [-0.1, -0.05) is 0 Å². The molecule has 2 aliphatic rings. The van der Waals surface area contributed by atoms with Crippen molar-refractivity contribution in [3.8, 4) is 0 Å². The SMILES string of the molecule is COC(=O)CC1C(=O)NCCN1S(=O)(=O)C1CC1. The number of carbonyl (C=O) groups excluding carboxylic acids is 2. The van der Waals surface area contributed by atoms with Crippen LogP contribution in [0, 0.1) is 0 Å².